The number of nitrogens with two attached hydrogens (primary N) is 1. The lowest BCUT2D eigenvalue weighted by Gasteiger charge is -2.11. The molecule has 0 spiro atoms. The minimum absolute atomic E-state index is 0.0553. The fourth-order valence-electron chi connectivity index (χ4n) is 1.07. The van der Waals surface area contributed by atoms with Gasteiger partial charge in [0, 0.05) is 0 Å². The molecule has 0 radical (unpaired) electrons. The average molecular weight is 224 g/mol. The number of amidine groups is 1. The third-order valence-electron chi connectivity index (χ3n) is 2.00. The standard InChI is InChI=1S/C11H16N2O3/c1-9(11(12)13-14)15-7-8-16-10-5-3-2-4-6-10/h2-6,9,14H,7-8H2,1H3,(H2,12,13). The van der Waals surface area contributed by atoms with Gasteiger partial charge in [-0.15, -0.1) is 0 Å². The molecule has 5 heteroatoms. The van der Waals surface area contributed by atoms with Crippen LogP contribution in [0.5, 0.6) is 5.75 Å². The van der Waals surface area contributed by atoms with Crippen LogP contribution in [-0.2, 0) is 4.74 Å². The molecule has 1 atom stereocenters. The smallest absolute Gasteiger partial charge is 0.168 e. The van der Waals surface area contributed by atoms with Gasteiger partial charge in [-0.05, 0) is 19.1 Å². The second-order valence-electron chi connectivity index (χ2n) is 3.20. The van der Waals surface area contributed by atoms with Crippen molar-refractivity contribution in [2.75, 3.05) is 13.2 Å². The van der Waals surface area contributed by atoms with Crippen molar-refractivity contribution < 1.29 is 14.7 Å². The van der Waals surface area contributed by atoms with E-state index >= 15 is 0 Å². The second-order valence-corrected chi connectivity index (χ2v) is 3.20. The van der Waals surface area contributed by atoms with Crippen LogP contribution in [0.2, 0.25) is 0 Å². The summed E-state index contributed by atoms with van der Waals surface area (Å²) in [4.78, 5) is 0. The molecule has 0 bridgehead atoms. The fraction of sp³-hybridized carbons (Fsp3) is 0.364. The zero-order valence-electron chi connectivity index (χ0n) is 9.17. The Morgan fingerprint density at radius 2 is 2.06 bits per heavy atom. The van der Waals surface area contributed by atoms with Gasteiger partial charge in [0.15, 0.2) is 5.84 Å². The van der Waals surface area contributed by atoms with E-state index in [0.717, 1.165) is 5.75 Å². The summed E-state index contributed by atoms with van der Waals surface area (Å²) >= 11 is 0. The SMILES string of the molecule is CC(OCCOc1ccccc1)C(N)=NO. The van der Waals surface area contributed by atoms with Crippen LogP contribution in [0.25, 0.3) is 0 Å². The molecular formula is C11H16N2O3. The molecule has 5 nitrogen and oxygen atoms in total. The lowest BCUT2D eigenvalue weighted by Crippen LogP contribution is -2.30. The summed E-state index contributed by atoms with van der Waals surface area (Å²) in [5, 5.41) is 11.2. The molecule has 0 aliphatic heterocycles. The molecule has 1 aromatic rings. The Morgan fingerprint density at radius 1 is 1.38 bits per heavy atom. The lowest BCUT2D eigenvalue weighted by molar-refractivity contribution is 0.0778. The van der Waals surface area contributed by atoms with Gasteiger partial charge < -0.3 is 20.4 Å². The molecule has 0 aliphatic carbocycles. The number of para-hydroxylation sites is 1. The van der Waals surface area contributed by atoms with Gasteiger partial charge in [0.05, 0.1) is 6.61 Å². The summed E-state index contributed by atoms with van der Waals surface area (Å²) in [5.74, 6) is 0.849. The third-order valence-corrected chi connectivity index (χ3v) is 2.00. The maximum absolute atomic E-state index is 8.39. The monoisotopic (exact) mass is 224 g/mol. The van der Waals surface area contributed by atoms with Gasteiger partial charge in [0.25, 0.3) is 0 Å². The molecule has 0 saturated heterocycles. The highest BCUT2D eigenvalue weighted by atomic mass is 16.5. The van der Waals surface area contributed by atoms with Crippen molar-refractivity contribution in [3.05, 3.63) is 30.3 Å². The molecule has 3 N–H and O–H groups in total. The van der Waals surface area contributed by atoms with Crippen LogP contribution >= 0.6 is 0 Å². The summed E-state index contributed by atoms with van der Waals surface area (Å²) in [6.45, 7) is 2.51. The summed E-state index contributed by atoms with van der Waals surface area (Å²) in [5.41, 5.74) is 5.34. The topological polar surface area (TPSA) is 77.1 Å². The van der Waals surface area contributed by atoms with Gasteiger partial charge in [-0.3, -0.25) is 0 Å². The first-order valence-corrected chi connectivity index (χ1v) is 5.01. The minimum atomic E-state index is -0.413. The van der Waals surface area contributed by atoms with E-state index in [1.807, 2.05) is 30.3 Å². The summed E-state index contributed by atoms with van der Waals surface area (Å²) in [6, 6.07) is 9.45. The quantitative estimate of drug-likeness (QED) is 0.250. The molecule has 0 aliphatic rings. The van der Waals surface area contributed by atoms with Crippen LogP contribution in [0.4, 0.5) is 0 Å². The molecule has 0 fully saturated rings. The molecule has 1 unspecified atom stereocenters. The molecule has 0 saturated carbocycles. The average Bonchev–Trinajstić information content (AvgIpc) is 2.34. The van der Waals surface area contributed by atoms with Crippen LogP contribution in [0.15, 0.2) is 35.5 Å². The Morgan fingerprint density at radius 3 is 2.69 bits per heavy atom. The molecule has 1 aromatic carbocycles. The molecule has 0 heterocycles. The number of nitrogens with zero attached hydrogens (tertiary/aromatic N) is 1. The van der Waals surface area contributed by atoms with E-state index in [4.69, 9.17) is 20.4 Å². The highest BCUT2D eigenvalue weighted by Crippen LogP contribution is 2.07. The van der Waals surface area contributed by atoms with E-state index in [-0.39, 0.29) is 5.84 Å². The first-order chi connectivity index (χ1) is 7.74. The number of hydrogen-bond acceptors (Lipinski definition) is 4. The maximum Gasteiger partial charge on any atom is 0.168 e. The van der Waals surface area contributed by atoms with Crippen molar-refractivity contribution in [2.45, 2.75) is 13.0 Å². The van der Waals surface area contributed by atoms with Gasteiger partial charge in [-0.1, -0.05) is 23.4 Å². The van der Waals surface area contributed by atoms with Crippen molar-refractivity contribution in [1.29, 1.82) is 0 Å². The van der Waals surface area contributed by atoms with Crippen LogP contribution in [0.3, 0.4) is 0 Å². The molecule has 88 valence electrons. The highest BCUT2D eigenvalue weighted by molar-refractivity contribution is 5.83. The van der Waals surface area contributed by atoms with E-state index in [2.05, 4.69) is 5.16 Å². The third kappa shape index (κ3) is 4.18. The zero-order chi connectivity index (χ0) is 11.8. The second kappa shape index (κ2) is 6.68. The van der Waals surface area contributed by atoms with Gasteiger partial charge in [0.2, 0.25) is 0 Å². The van der Waals surface area contributed by atoms with E-state index in [1.54, 1.807) is 6.92 Å². The largest absolute Gasteiger partial charge is 0.491 e. The number of hydrogen-bond donors (Lipinski definition) is 2. The first-order valence-electron chi connectivity index (χ1n) is 5.01. The van der Waals surface area contributed by atoms with Crippen molar-refractivity contribution in [3.63, 3.8) is 0 Å². The Bertz CT molecular complexity index is 327. The normalized spacial score (nSPS) is 13.4. The van der Waals surface area contributed by atoms with Crippen LogP contribution in [0, 0.1) is 0 Å². The fourth-order valence-corrected chi connectivity index (χ4v) is 1.07. The van der Waals surface area contributed by atoms with Crippen molar-refractivity contribution in [3.8, 4) is 5.75 Å². The number of ether oxygens (including phenoxy) is 2. The minimum Gasteiger partial charge on any atom is -0.491 e. The van der Waals surface area contributed by atoms with Crippen molar-refractivity contribution in [1.82, 2.24) is 0 Å². The van der Waals surface area contributed by atoms with Crippen molar-refractivity contribution >= 4 is 5.84 Å². The first kappa shape index (κ1) is 12.3. The molecule has 16 heavy (non-hydrogen) atoms. The van der Waals surface area contributed by atoms with Gasteiger partial charge in [-0.2, -0.15) is 0 Å². The summed E-state index contributed by atoms with van der Waals surface area (Å²) < 4.78 is 10.7. The maximum atomic E-state index is 8.39. The molecule has 0 aromatic heterocycles. The zero-order valence-corrected chi connectivity index (χ0v) is 9.17. The number of oxime groups is 1. The molecule has 0 amide bonds. The van der Waals surface area contributed by atoms with Gasteiger partial charge in [0.1, 0.15) is 18.5 Å². The summed E-state index contributed by atoms with van der Waals surface area (Å²) in [7, 11) is 0. The number of benzene rings is 1. The predicted molar refractivity (Wildman–Crippen MR) is 60.8 cm³/mol. The van der Waals surface area contributed by atoms with E-state index in [9.17, 15) is 0 Å². The van der Waals surface area contributed by atoms with Crippen molar-refractivity contribution in [2.24, 2.45) is 10.9 Å². The van der Waals surface area contributed by atoms with E-state index in [0.29, 0.717) is 13.2 Å². The Balaban J connectivity index is 2.17. The molecule has 1 rings (SSSR count). The van der Waals surface area contributed by atoms with E-state index < -0.39 is 6.10 Å². The van der Waals surface area contributed by atoms with Crippen LogP contribution in [-0.4, -0.2) is 30.4 Å². The lowest BCUT2D eigenvalue weighted by atomic mass is 10.3. The predicted octanol–water partition coefficient (Wildman–Crippen LogP) is 1.22. The highest BCUT2D eigenvalue weighted by Gasteiger charge is 2.06. The number of rotatable bonds is 6. The van der Waals surface area contributed by atoms with E-state index in [1.165, 1.54) is 0 Å². The summed E-state index contributed by atoms with van der Waals surface area (Å²) in [6.07, 6.45) is -0.413. The molecular weight excluding hydrogens is 208 g/mol. The Kier molecular flexibility index (Phi) is 5.15. The van der Waals surface area contributed by atoms with Crippen LogP contribution in [0.1, 0.15) is 6.92 Å². The van der Waals surface area contributed by atoms with Gasteiger partial charge in [-0.25, -0.2) is 0 Å². The van der Waals surface area contributed by atoms with Gasteiger partial charge >= 0.3 is 0 Å². The van der Waals surface area contributed by atoms with Crippen LogP contribution < -0.4 is 10.5 Å². The Hall–Kier alpha value is -1.75. The Labute approximate surface area is 94.5 Å².